The van der Waals surface area contributed by atoms with E-state index in [9.17, 15) is 9.59 Å². The molecule has 0 fully saturated rings. The SMILES string of the molecule is Cc1ccsc1C(=O)Nc1cnn(C(C)(C)C(=O)O)c1. The number of thiophene rings is 1. The molecule has 0 radical (unpaired) electrons. The van der Waals surface area contributed by atoms with Gasteiger partial charge in [0.15, 0.2) is 5.54 Å². The summed E-state index contributed by atoms with van der Waals surface area (Å²) >= 11 is 1.36. The number of anilines is 1. The Balaban J connectivity index is 2.17. The minimum absolute atomic E-state index is 0.217. The van der Waals surface area contributed by atoms with Crippen molar-refractivity contribution < 1.29 is 14.7 Å². The van der Waals surface area contributed by atoms with Crippen molar-refractivity contribution in [3.63, 3.8) is 0 Å². The van der Waals surface area contributed by atoms with E-state index in [0.29, 0.717) is 10.6 Å². The van der Waals surface area contributed by atoms with Crippen molar-refractivity contribution in [2.45, 2.75) is 26.3 Å². The number of hydrogen-bond donors (Lipinski definition) is 2. The number of rotatable bonds is 4. The normalized spacial score (nSPS) is 11.3. The van der Waals surface area contributed by atoms with Gasteiger partial charge in [0.1, 0.15) is 0 Å². The molecule has 20 heavy (non-hydrogen) atoms. The number of carbonyl (C=O) groups excluding carboxylic acids is 1. The zero-order chi connectivity index (χ0) is 14.9. The van der Waals surface area contributed by atoms with E-state index in [4.69, 9.17) is 5.11 Å². The van der Waals surface area contributed by atoms with Crippen LogP contribution in [-0.2, 0) is 10.3 Å². The summed E-state index contributed by atoms with van der Waals surface area (Å²) in [7, 11) is 0. The van der Waals surface area contributed by atoms with Crippen LogP contribution >= 0.6 is 11.3 Å². The van der Waals surface area contributed by atoms with Crippen LogP contribution in [0.15, 0.2) is 23.8 Å². The highest BCUT2D eigenvalue weighted by Crippen LogP contribution is 2.20. The van der Waals surface area contributed by atoms with Gasteiger partial charge in [-0.25, -0.2) is 4.79 Å². The molecule has 0 unspecified atom stereocenters. The van der Waals surface area contributed by atoms with E-state index in [-0.39, 0.29) is 5.91 Å². The van der Waals surface area contributed by atoms with Crippen LogP contribution in [0.25, 0.3) is 0 Å². The smallest absolute Gasteiger partial charge is 0.331 e. The second-order valence-corrected chi connectivity index (χ2v) is 5.84. The van der Waals surface area contributed by atoms with E-state index in [1.165, 1.54) is 42.3 Å². The van der Waals surface area contributed by atoms with Crippen LogP contribution in [0.4, 0.5) is 5.69 Å². The third-order valence-electron chi connectivity index (χ3n) is 3.00. The van der Waals surface area contributed by atoms with Crippen molar-refractivity contribution in [2.24, 2.45) is 0 Å². The number of carbonyl (C=O) groups is 2. The fourth-order valence-corrected chi connectivity index (χ4v) is 2.40. The average Bonchev–Trinajstić information content (AvgIpc) is 2.97. The number of nitrogens with zero attached hydrogens (tertiary/aromatic N) is 2. The van der Waals surface area contributed by atoms with Gasteiger partial charge in [-0.15, -0.1) is 11.3 Å². The highest BCUT2D eigenvalue weighted by atomic mass is 32.1. The summed E-state index contributed by atoms with van der Waals surface area (Å²) in [6, 6.07) is 1.87. The number of carboxylic acids is 1. The molecule has 2 aromatic rings. The molecular formula is C13H15N3O3S. The molecule has 0 aliphatic carbocycles. The van der Waals surface area contributed by atoms with Crippen LogP contribution in [0.3, 0.4) is 0 Å². The number of nitrogens with one attached hydrogen (secondary N) is 1. The molecule has 7 heteroatoms. The number of aryl methyl sites for hydroxylation is 1. The third kappa shape index (κ3) is 2.57. The zero-order valence-electron chi connectivity index (χ0n) is 11.4. The predicted molar refractivity (Wildman–Crippen MR) is 76.2 cm³/mol. The van der Waals surface area contributed by atoms with Crippen molar-refractivity contribution in [3.05, 3.63) is 34.3 Å². The lowest BCUT2D eigenvalue weighted by molar-refractivity contribution is -0.146. The van der Waals surface area contributed by atoms with E-state index >= 15 is 0 Å². The summed E-state index contributed by atoms with van der Waals surface area (Å²) in [4.78, 5) is 23.8. The Labute approximate surface area is 120 Å². The average molecular weight is 293 g/mol. The molecule has 0 saturated heterocycles. The van der Waals surface area contributed by atoms with Gasteiger partial charge in [-0.1, -0.05) is 0 Å². The van der Waals surface area contributed by atoms with Gasteiger partial charge < -0.3 is 10.4 Å². The molecule has 0 aromatic carbocycles. The van der Waals surface area contributed by atoms with Crippen molar-refractivity contribution in [1.82, 2.24) is 9.78 Å². The number of aliphatic carboxylic acids is 1. The van der Waals surface area contributed by atoms with Crippen LogP contribution in [0.1, 0.15) is 29.1 Å². The summed E-state index contributed by atoms with van der Waals surface area (Å²) in [5, 5.41) is 17.7. The molecule has 2 N–H and O–H groups in total. The topological polar surface area (TPSA) is 84.2 Å². The van der Waals surface area contributed by atoms with Crippen molar-refractivity contribution in [3.8, 4) is 0 Å². The molecule has 2 heterocycles. The first-order valence-corrected chi connectivity index (χ1v) is 6.84. The van der Waals surface area contributed by atoms with Crippen molar-refractivity contribution in [2.75, 3.05) is 5.32 Å². The van der Waals surface area contributed by atoms with E-state index in [1.54, 1.807) is 0 Å². The fraction of sp³-hybridized carbons (Fsp3) is 0.308. The maximum Gasteiger partial charge on any atom is 0.331 e. The van der Waals surface area contributed by atoms with Crippen LogP contribution < -0.4 is 5.32 Å². The summed E-state index contributed by atoms with van der Waals surface area (Å²) < 4.78 is 1.31. The fourth-order valence-electron chi connectivity index (χ4n) is 1.58. The molecule has 0 atom stereocenters. The van der Waals surface area contributed by atoms with Crippen molar-refractivity contribution in [1.29, 1.82) is 0 Å². The van der Waals surface area contributed by atoms with Crippen LogP contribution in [0, 0.1) is 6.92 Å². The summed E-state index contributed by atoms with van der Waals surface area (Å²) in [5.74, 6) is -1.21. The molecular weight excluding hydrogens is 278 g/mol. The Bertz CT molecular complexity index is 657. The monoisotopic (exact) mass is 293 g/mol. The molecule has 2 rings (SSSR count). The minimum Gasteiger partial charge on any atom is -0.479 e. The first-order chi connectivity index (χ1) is 9.32. The van der Waals surface area contributed by atoms with Gasteiger partial charge in [0.2, 0.25) is 0 Å². The van der Waals surface area contributed by atoms with E-state index in [1.807, 2.05) is 18.4 Å². The molecule has 6 nitrogen and oxygen atoms in total. The molecule has 1 amide bonds. The summed E-state index contributed by atoms with van der Waals surface area (Å²) in [6.45, 7) is 4.94. The molecule has 0 spiro atoms. The van der Waals surface area contributed by atoms with E-state index < -0.39 is 11.5 Å². The minimum atomic E-state index is -1.16. The molecule has 0 bridgehead atoms. The van der Waals surface area contributed by atoms with Gasteiger partial charge >= 0.3 is 5.97 Å². The van der Waals surface area contributed by atoms with Crippen LogP contribution in [-0.4, -0.2) is 26.8 Å². The second-order valence-electron chi connectivity index (χ2n) is 4.92. The molecule has 0 aliphatic heterocycles. The summed E-state index contributed by atoms with van der Waals surface area (Å²) in [6.07, 6.45) is 2.94. The quantitative estimate of drug-likeness (QED) is 0.906. The van der Waals surface area contributed by atoms with Crippen LogP contribution in [0.2, 0.25) is 0 Å². The first kappa shape index (κ1) is 14.3. The first-order valence-electron chi connectivity index (χ1n) is 5.96. The molecule has 0 aliphatic rings. The number of hydrogen-bond acceptors (Lipinski definition) is 4. The van der Waals surface area contributed by atoms with Gasteiger partial charge in [0.05, 0.1) is 16.8 Å². The molecule has 2 aromatic heterocycles. The Morgan fingerprint density at radius 3 is 2.70 bits per heavy atom. The Kier molecular flexibility index (Phi) is 3.63. The maximum atomic E-state index is 12.0. The van der Waals surface area contributed by atoms with E-state index in [2.05, 4.69) is 10.4 Å². The predicted octanol–water partition coefficient (Wildman–Crippen LogP) is 2.33. The molecule has 0 saturated carbocycles. The number of amides is 1. The maximum absolute atomic E-state index is 12.0. The number of aromatic nitrogens is 2. The highest BCUT2D eigenvalue weighted by Gasteiger charge is 2.30. The zero-order valence-corrected chi connectivity index (χ0v) is 12.2. The third-order valence-corrected chi connectivity index (χ3v) is 4.02. The van der Waals surface area contributed by atoms with Gasteiger partial charge in [-0.2, -0.15) is 5.10 Å². The number of carboxylic acid groups (broad SMARTS) is 1. The largest absolute Gasteiger partial charge is 0.479 e. The second kappa shape index (κ2) is 5.09. The molecule has 106 valence electrons. The van der Waals surface area contributed by atoms with Gasteiger partial charge in [-0.3, -0.25) is 9.48 Å². The van der Waals surface area contributed by atoms with Crippen molar-refractivity contribution >= 4 is 28.9 Å². The standard InChI is InChI=1S/C13H15N3O3S/c1-8-4-5-20-10(8)11(17)15-9-6-14-16(7-9)13(2,3)12(18)19/h4-7H,1-3H3,(H,15,17)(H,18,19). The Morgan fingerprint density at radius 1 is 1.45 bits per heavy atom. The summed E-state index contributed by atoms with van der Waals surface area (Å²) in [5.41, 5.74) is 0.213. The van der Waals surface area contributed by atoms with E-state index in [0.717, 1.165) is 5.56 Å². The van der Waals surface area contributed by atoms with Crippen LogP contribution in [0.5, 0.6) is 0 Å². The van der Waals surface area contributed by atoms with Gasteiger partial charge in [-0.05, 0) is 37.8 Å². The lowest BCUT2D eigenvalue weighted by atomic mass is 10.1. The Hall–Kier alpha value is -2.15. The lowest BCUT2D eigenvalue weighted by Crippen LogP contribution is -2.35. The highest BCUT2D eigenvalue weighted by molar-refractivity contribution is 7.12. The lowest BCUT2D eigenvalue weighted by Gasteiger charge is -2.19. The van der Waals surface area contributed by atoms with Gasteiger partial charge in [0.25, 0.3) is 5.91 Å². The Morgan fingerprint density at radius 2 is 2.15 bits per heavy atom. The van der Waals surface area contributed by atoms with Gasteiger partial charge in [0, 0.05) is 6.20 Å².